The Hall–Kier alpha value is -4.82. The minimum atomic E-state index is -0.177. The van der Waals surface area contributed by atoms with Crippen LogP contribution in [-0.4, -0.2) is 56.3 Å². The molecule has 0 bridgehead atoms. The van der Waals surface area contributed by atoms with E-state index >= 15 is 0 Å². The number of benzene rings is 5. The lowest BCUT2D eigenvalue weighted by molar-refractivity contribution is 0.256. The zero-order valence-electron chi connectivity index (χ0n) is 23.5. The SMILES string of the molecule is COc1ccccc1N1CCN(CCCNc2cc3oc4ccccc4[nH]c3c3c(=O)c4ccccc4c(=O)c23)CC1. The summed E-state index contributed by atoms with van der Waals surface area (Å²) in [5.74, 6) is 0.904. The number of hydrogen-bond donors (Lipinski definition) is 2. The minimum absolute atomic E-state index is 0.154. The highest BCUT2D eigenvalue weighted by Gasteiger charge is 2.21. The number of hydrogen-bond acceptors (Lipinski definition) is 7. The van der Waals surface area contributed by atoms with Crippen molar-refractivity contribution in [2.45, 2.75) is 6.42 Å². The van der Waals surface area contributed by atoms with Gasteiger partial charge in [-0.15, -0.1) is 0 Å². The summed E-state index contributed by atoms with van der Waals surface area (Å²) in [7, 11) is 1.71. The fourth-order valence-corrected chi connectivity index (χ4v) is 6.15. The van der Waals surface area contributed by atoms with E-state index in [-0.39, 0.29) is 10.9 Å². The standard InChI is InChI=1S/C34H32N4O4/c1-41-28-14-7-5-12-26(28)38-19-17-37(18-20-38)16-8-15-35-25-21-29-32(36-24-11-4-6-13-27(24)42-29)31-30(25)33(39)22-9-2-3-10-23(22)34(31)40/h2-7,9-14,21,35-36H,8,15-20H2,1H3. The van der Waals surface area contributed by atoms with Crippen molar-refractivity contribution < 1.29 is 9.15 Å². The highest BCUT2D eigenvalue weighted by Crippen LogP contribution is 2.31. The van der Waals surface area contributed by atoms with Crippen LogP contribution in [0.15, 0.2) is 92.9 Å². The van der Waals surface area contributed by atoms with Crippen LogP contribution in [0.1, 0.15) is 6.42 Å². The number of anilines is 2. The topological polar surface area (TPSA) is 90.8 Å². The third kappa shape index (κ3) is 4.54. The van der Waals surface area contributed by atoms with Crippen molar-refractivity contribution >= 4 is 55.1 Å². The summed E-state index contributed by atoms with van der Waals surface area (Å²) >= 11 is 0. The Balaban J connectivity index is 1.15. The molecule has 8 nitrogen and oxygen atoms in total. The largest absolute Gasteiger partial charge is 0.495 e. The van der Waals surface area contributed by atoms with E-state index in [9.17, 15) is 9.59 Å². The normalized spacial score (nSPS) is 14.3. The molecular formula is C34H32N4O4. The highest BCUT2D eigenvalue weighted by atomic mass is 16.5. The van der Waals surface area contributed by atoms with Gasteiger partial charge in [0.05, 0.1) is 34.6 Å². The van der Waals surface area contributed by atoms with Crippen LogP contribution in [0.2, 0.25) is 0 Å². The molecule has 1 aromatic heterocycles. The lowest BCUT2D eigenvalue weighted by Gasteiger charge is -2.36. The van der Waals surface area contributed by atoms with Gasteiger partial charge in [-0.25, -0.2) is 0 Å². The quantitative estimate of drug-likeness (QED) is 0.150. The Morgan fingerprint density at radius 1 is 0.833 bits per heavy atom. The Kier molecular flexibility index (Phi) is 6.76. The van der Waals surface area contributed by atoms with Crippen LogP contribution < -0.4 is 25.8 Å². The molecule has 42 heavy (non-hydrogen) atoms. The van der Waals surface area contributed by atoms with Gasteiger partial charge in [-0.1, -0.05) is 48.5 Å². The molecule has 7 rings (SSSR count). The summed E-state index contributed by atoms with van der Waals surface area (Å²) in [5.41, 5.74) is 3.94. The number of piperazine rings is 1. The number of para-hydroxylation sites is 4. The van der Waals surface area contributed by atoms with Gasteiger partial charge in [-0.3, -0.25) is 14.5 Å². The van der Waals surface area contributed by atoms with E-state index in [1.807, 2.05) is 48.5 Å². The molecule has 0 atom stereocenters. The maximum absolute atomic E-state index is 13.8. The van der Waals surface area contributed by atoms with Crippen LogP contribution in [0.4, 0.5) is 11.4 Å². The molecule has 1 saturated heterocycles. The van der Waals surface area contributed by atoms with E-state index in [1.165, 1.54) is 0 Å². The maximum atomic E-state index is 13.8. The molecule has 8 heteroatoms. The number of aromatic nitrogens is 1. The number of ether oxygens (including phenoxy) is 1. The van der Waals surface area contributed by atoms with Gasteiger partial charge in [0.15, 0.2) is 22.0 Å². The van der Waals surface area contributed by atoms with Crippen molar-refractivity contribution in [3.63, 3.8) is 0 Å². The van der Waals surface area contributed by atoms with Crippen molar-refractivity contribution in [2.75, 3.05) is 56.6 Å². The number of rotatable bonds is 7. The number of aromatic amines is 1. The molecule has 5 aromatic carbocycles. The molecule has 0 aliphatic carbocycles. The number of nitrogens with one attached hydrogen (secondary N) is 2. The van der Waals surface area contributed by atoms with Crippen LogP contribution in [0.25, 0.3) is 43.7 Å². The maximum Gasteiger partial charge on any atom is 0.196 e. The van der Waals surface area contributed by atoms with E-state index in [0.29, 0.717) is 50.5 Å². The predicted octanol–water partition coefficient (Wildman–Crippen LogP) is 5.57. The summed E-state index contributed by atoms with van der Waals surface area (Å²) in [6.07, 6.45) is 0.890. The fourth-order valence-electron chi connectivity index (χ4n) is 6.15. The number of H-pyrrole nitrogens is 1. The molecule has 0 radical (unpaired) electrons. The van der Waals surface area contributed by atoms with E-state index in [4.69, 9.17) is 9.15 Å². The van der Waals surface area contributed by atoms with Gasteiger partial charge in [0.1, 0.15) is 5.75 Å². The number of methoxy groups -OCH3 is 1. The van der Waals surface area contributed by atoms with Gasteiger partial charge in [0.25, 0.3) is 0 Å². The van der Waals surface area contributed by atoms with E-state index in [1.54, 1.807) is 31.4 Å². The Morgan fingerprint density at radius 2 is 1.52 bits per heavy atom. The van der Waals surface area contributed by atoms with Crippen LogP contribution in [0, 0.1) is 0 Å². The molecule has 2 N–H and O–H groups in total. The van der Waals surface area contributed by atoms with Crippen LogP contribution >= 0.6 is 0 Å². The minimum Gasteiger partial charge on any atom is -0.495 e. The molecule has 0 spiro atoms. The summed E-state index contributed by atoms with van der Waals surface area (Å²) in [4.78, 5) is 35.8. The van der Waals surface area contributed by atoms with Crippen molar-refractivity contribution in [2.24, 2.45) is 0 Å². The third-order valence-corrected chi connectivity index (χ3v) is 8.29. The summed E-state index contributed by atoms with van der Waals surface area (Å²) in [6.45, 7) is 5.40. The summed E-state index contributed by atoms with van der Waals surface area (Å²) in [6, 6.07) is 24.6. The van der Waals surface area contributed by atoms with Crippen LogP contribution in [0.3, 0.4) is 0 Å². The first-order valence-corrected chi connectivity index (χ1v) is 14.4. The first kappa shape index (κ1) is 26.1. The van der Waals surface area contributed by atoms with Crippen molar-refractivity contribution in [3.8, 4) is 5.75 Å². The summed E-state index contributed by atoms with van der Waals surface area (Å²) in [5, 5.41) is 5.10. The lowest BCUT2D eigenvalue weighted by atomic mass is 9.99. The number of fused-ring (bicyclic) bond motifs is 5. The van der Waals surface area contributed by atoms with Crippen molar-refractivity contribution in [1.82, 2.24) is 9.88 Å². The van der Waals surface area contributed by atoms with Gasteiger partial charge < -0.3 is 24.4 Å². The monoisotopic (exact) mass is 560 g/mol. The van der Waals surface area contributed by atoms with Crippen LogP contribution in [0.5, 0.6) is 5.75 Å². The molecule has 6 aromatic rings. The second-order valence-corrected chi connectivity index (χ2v) is 10.8. The second-order valence-electron chi connectivity index (χ2n) is 10.8. The van der Waals surface area contributed by atoms with E-state index < -0.39 is 0 Å². The zero-order valence-corrected chi connectivity index (χ0v) is 23.5. The van der Waals surface area contributed by atoms with Crippen LogP contribution in [-0.2, 0) is 0 Å². The average Bonchev–Trinajstić information content (AvgIpc) is 3.04. The predicted molar refractivity (Wildman–Crippen MR) is 170 cm³/mol. The van der Waals surface area contributed by atoms with Crippen molar-refractivity contribution in [1.29, 1.82) is 0 Å². The molecule has 0 unspecified atom stereocenters. The van der Waals surface area contributed by atoms with Gasteiger partial charge in [-0.2, -0.15) is 0 Å². The zero-order chi connectivity index (χ0) is 28.6. The molecule has 1 aliphatic rings. The molecule has 1 fully saturated rings. The molecular weight excluding hydrogens is 528 g/mol. The smallest absolute Gasteiger partial charge is 0.196 e. The second kappa shape index (κ2) is 10.9. The van der Waals surface area contributed by atoms with Crippen molar-refractivity contribution in [3.05, 3.63) is 99.3 Å². The molecule has 0 saturated carbocycles. The first-order chi connectivity index (χ1) is 20.6. The third-order valence-electron chi connectivity index (χ3n) is 8.29. The molecule has 2 heterocycles. The Bertz CT molecular complexity index is 2060. The van der Waals surface area contributed by atoms with Gasteiger partial charge >= 0.3 is 0 Å². The number of nitrogens with zero attached hydrogens (tertiary/aromatic N) is 2. The van der Waals surface area contributed by atoms with E-state index in [2.05, 4.69) is 26.2 Å². The van der Waals surface area contributed by atoms with Gasteiger partial charge in [0.2, 0.25) is 0 Å². The Labute approximate surface area is 242 Å². The van der Waals surface area contributed by atoms with Gasteiger partial charge in [0, 0.05) is 55.2 Å². The van der Waals surface area contributed by atoms with Gasteiger partial charge in [-0.05, 0) is 37.2 Å². The summed E-state index contributed by atoms with van der Waals surface area (Å²) < 4.78 is 11.8. The first-order valence-electron chi connectivity index (χ1n) is 14.4. The Morgan fingerprint density at radius 3 is 2.31 bits per heavy atom. The molecule has 1 aliphatic heterocycles. The molecule has 0 amide bonds. The fraction of sp³-hybridized carbons (Fsp3) is 0.235. The van der Waals surface area contributed by atoms with E-state index in [0.717, 1.165) is 56.1 Å². The highest BCUT2D eigenvalue weighted by molar-refractivity contribution is 6.14. The molecule has 212 valence electrons. The average molecular weight is 561 g/mol. The lowest BCUT2D eigenvalue weighted by Crippen LogP contribution is -2.46.